The van der Waals surface area contributed by atoms with E-state index in [2.05, 4.69) is 11.4 Å². The summed E-state index contributed by atoms with van der Waals surface area (Å²) in [4.78, 5) is 18.9. The Morgan fingerprint density at radius 2 is 2.07 bits per heavy atom. The first-order valence-corrected chi connectivity index (χ1v) is 9.15. The van der Waals surface area contributed by atoms with Crippen LogP contribution in [0.15, 0.2) is 36.5 Å². The van der Waals surface area contributed by atoms with Crippen molar-refractivity contribution in [2.75, 3.05) is 26.0 Å². The highest BCUT2D eigenvalue weighted by Crippen LogP contribution is 2.35. The molecule has 27 heavy (non-hydrogen) atoms. The summed E-state index contributed by atoms with van der Waals surface area (Å²) in [6, 6.07) is 10.1. The van der Waals surface area contributed by atoms with Crippen molar-refractivity contribution in [2.24, 2.45) is 0 Å². The average molecular weight is 364 g/mol. The number of rotatable bonds is 3. The fourth-order valence-electron chi connectivity index (χ4n) is 3.53. The van der Waals surface area contributed by atoms with Crippen molar-refractivity contribution in [3.63, 3.8) is 0 Å². The molecular formula is C21H24N4O2. The lowest BCUT2D eigenvalue weighted by atomic mass is 10.0. The van der Waals surface area contributed by atoms with Crippen molar-refractivity contribution < 1.29 is 9.53 Å². The Morgan fingerprint density at radius 1 is 1.30 bits per heavy atom. The first kappa shape index (κ1) is 17.4. The standard InChI is InChI=1S/C21H24N4O2/c1-13-14(2)25-12-15(21(26)24(3)4)11-18(20(25)22-13)23-17-9-10-27-19-8-6-5-7-16(17)19/h5-8,11-12,17,23H,9-10H2,1-4H3. The van der Waals surface area contributed by atoms with Gasteiger partial charge in [-0.2, -0.15) is 0 Å². The van der Waals surface area contributed by atoms with E-state index in [0.29, 0.717) is 12.2 Å². The molecular weight excluding hydrogens is 340 g/mol. The van der Waals surface area contributed by atoms with Crippen LogP contribution in [0.25, 0.3) is 5.65 Å². The second-order valence-corrected chi connectivity index (χ2v) is 7.19. The number of pyridine rings is 1. The molecule has 0 spiro atoms. The molecule has 0 fully saturated rings. The fourth-order valence-corrected chi connectivity index (χ4v) is 3.53. The summed E-state index contributed by atoms with van der Waals surface area (Å²) < 4.78 is 7.77. The SMILES string of the molecule is Cc1nc2c(NC3CCOc4ccccc43)cc(C(=O)N(C)C)cn2c1C. The molecule has 140 valence electrons. The number of amides is 1. The third kappa shape index (κ3) is 3.01. The quantitative estimate of drug-likeness (QED) is 0.772. The minimum Gasteiger partial charge on any atom is -0.493 e. The van der Waals surface area contributed by atoms with Gasteiger partial charge in [0.15, 0.2) is 5.65 Å². The summed E-state index contributed by atoms with van der Waals surface area (Å²) in [6.07, 6.45) is 2.73. The van der Waals surface area contributed by atoms with Crippen LogP contribution < -0.4 is 10.1 Å². The molecule has 0 bridgehead atoms. The van der Waals surface area contributed by atoms with Gasteiger partial charge in [0, 0.05) is 38.0 Å². The van der Waals surface area contributed by atoms with Crippen LogP contribution in [0, 0.1) is 13.8 Å². The van der Waals surface area contributed by atoms with Gasteiger partial charge in [-0.15, -0.1) is 0 Å². The number of nitrogens with one attached hydrogen (secondary N) is 1. The van der Waals surface area contributed by atoms with Gasteiger partial charge >= 0.3 is 0 Å². The summed E-state index contributed by atoms with van der Waals surface area (Å²) in [7, 11) is 3.53. The second kappa shape index (κ2) is 6.61. The Hall–Kier alpha value is -3.02. The van der Waals surface area contributed by atoms with Crippen LogP contribution in [0.4, 0.5) is 5.69 Å². The Bertz CT molecular complexity index is 1020. The molecule has 0 saturated carbocycles. The molecule has 0 aliphatic carbocycles. The number of imidazole rings is 1. The minimum atomic E-state index is -0.0296. The maximum absolute atomic E-state index is 12.6. The van der Waals surface area contributed by atoms with Gasteiger partial charge in [0.05, 0.1) is 29.6 Å². The molecule has 1 aromatic carbocycles. The number of hydrogen-bond acceptors (Lipinski definition) is 4. The van der Waals surface area contributed by atoms with Crippen molar-refractivity contribution in [1.29, 1.82) is 0 Å². The van der Waals surface area contributed by atoms with Gasteiger partial charge in [0.25, 0.3) is 5.91 Å². The number of carbonyl (C=O) groups is 1. The lowest BCUT2D eigenvalue weighted by Crippen LogP contribution is -2.23. The Kier molecular flexibility index (Phi) is 4.26. The number of para-hydroxylation sites is 1. The number of benzene rings is 1. The number of carbonyl (C=O) groups excluding carboxylic acids is 1. The summed E-state index contributed by atoms with van der Waals surface area (Å²) in [5.74, 6) is 0.881. The van der Waals surface area contributed by atoms with E-state index >= 15 is 0 Å². The topological polar surface area (TPSA) is 58.9 Å². The van der Waals surface area contributed by atoms with E-state index in [1.54, 1.807) is 19.0 Å². The van der Waals surface area contributed by atoms with E-state index in [4.69, 9.17) is 9.72 Å². The lowest BCUT2D eigenvalue weighted by molar-refractivity contribution is 0.0827. The fraction of sp³-hybridized carbons (Fsp3) is 0.333. The van der Waals surface area contributed by atoms with Gasteiger partial charge in [0.1, 0.15) is 5.75 Å². The number of ether oxygens (including phenoxy) is 1. The van der Waals surface area contributed by atoms with E-state index in [-0.39, 0.29) is 11.9 Å². The molecule has 1 N–H and O–H groups in total. The highest BCUT2D eigenvalue weighted by molar-refractivity contribution is 5.95. The Balaban J connectivity index is 1.81. The number of anilines is 1. The maximum Gasteiger partial charge on any atom is 0.254 e. The molecule has 0 radical (unpaired) electrons. The van der Waals surface area contributed by atoms with Gasteiger partial charge in [-0.05, 0) is 26.0 Å². The first-order valence-electron chi connectivity index (χ1n) is 9.15. The highest BCUT2D eigenvalue weighted by Gasteiger charge is 2.23. The largest absolute Gasteiger partial charge is 0.493 e. The molecule has 1 aliphatic heterocycles. The predicted molar refractivity (Wildman–Crippen MR) is 106 cm³/mol. The summed E-state index contributed by atoms with van der Waals surface area (Å²) in [6.45, 7) is 4.67. The monoisotopic (exact) mass is 364 g/mol. The molecule has 4 rings (SSSR count). The van der Waals surface area contributed by atoms with Gasteiger partial charge in [0.2, 0.25) is 0 Å². The Morgan fingerprint density at radius 3 is 2.85 bits per heavy atom. The number of nitrogens with zero attached hydrogens (tertiary/aromatic N) is 3. The number of fused-ring (bicyclic) bond motifs is 2. The van der Waals surface area contributed by atoms with Gasteiger partial charge in [-0.3, -0.25) is 4.79 Å². The number of hydrogen-bond donors (Lipinski definition) is 1. The zero-order chi connectivity index (χ0) is 19.1. The molecule has 0 saturated heterocycles. The summed E-state index contributed by atoms with van der Waals surface area (Å²) >= 11 is 0. The zero-order valence-electron chi connectivity index (χ0n) is 16.1. The first-order chi connectivity index (χ1) is 13.0. The van der Waals surface area contributed by atoms with Crippen LogP contribution in [0.3, 0.4) is 0 Å². The van der Waals surface area contributed by atoms with Crippen LogP contribution in [0.2, 0.25) is 0 Å². The van der Waals surface area contributed by atoms with E-state index < -0.39 is 0 Å². The molecule has 1 atom stereocenters. The van der Waals surface area contributed by atoms with Crippen LogP contribution >= 0.6 is 0 Å². The molecule has 6 heteroatoms. The minimum absolute atomic E-state index is 0.0296. The van der Waals surface area contributed by atoms with Crippen molar-refractivity contribution >= 4 is 17.2 Å². The number of aryl methyl sites for hydroxylation is 2. The van der Waals surface area contributed by atoms with Gasteiger partial charge in [-0.25, -0.2) is 4.98 Å². The summed E-state index contributed by atoms with van der Waals surface area (Å²) in [5, 5.41) is 3.62. The van der Waals surface area contributed by atoms with E-state index in [9.17, 15) is 4.79 Å². The van der Waals surface area contributed by atoms with Crippen molar-refractivity contribution in [1.82, 2.24) is 14.3 Å². The van der Waals surface area contributed by atoms with E-state index in [1.165, 1.54) is 0 Å². The van der Waals surface area contributed by atoms with Crippen LogP contribution in [-0.2, 0) is 0 Å². The van der Waals surface area contributed by atoms with Crippen molar-refractivity contribution in [2.45, 2.75) is 26.3 Å². The maximum atomic E-state index is 12.6. The molecule has 1 unspecified atom stereocenters. The molecule has 1 amide bonds. The van der Waals surface area contributed by atoms with Gasteiger partial charge in [-0.1, -0.05) is 18.2 Å². The molecule has 1 aliphatic rings. The molecule has 3 aromatic rings. The van der Waals surface area contributed by atoms with E-state index in [0.717, 1.165) is 40.5 Å². The van der Waals surface area contributed by atoms with Gasteiger partial charge < -0.3 is 19.4 Å². The van der Waals surface area contributed by atoms with E-state index in [1.807, 2.05) is 48.7 Å². The zero-order valence-corrected chi connectivity index (χ0v) is 16.1. The lowest BCUT2D eigenvalue weighted by Gasteiger charge is -2.27. The number of aromatic nitrogens is 2. The average Bonchev–Trinajstić information content (AvgIpc) is 2.96. The van der Waals surface area contributed by atoms with Crippen LogP contribution in [0.5, 0.6) is 5.75 Å². The third-order valence-corrected chi connectivity index (χ3v) is 5.14. The van der Waals surface area contributed by atoms with Crippen LogP contribution in [0.1, 0.15) is 39.8 Å². The van der Waals surface area contributed by atoms with Crippen molar-refractivity contribution in [3.8, 4) is 5.75 Å². The highest BCUT2D eigenvalue weighted by atomic mass is 16.5. The third-order valence-electron chi connectivity index (χ3n) is 5.14. The second-order valence-electron chi connectivity index (χ2n) is 7.19. The molecule has 6 nitrogen and oxygen atoms in total. The smallest absolute Gasteiger partial charge is 0.254 e. The molecule has 3 heterocycles. The van der Waals surface area contributed by atoms with Crippen LogP contribution in [-0.4, -0.2) is 40.9 Å². The Labute approximate surface area is 158 Å². The normalized spacial score (nSPS) is 15.9. The summed E-state index contributed by atoms with van der Waals surface area (Å²) in [5.41, 5.74) is 5.46. The predicted octanol–water partition coefficient (Wildman–Crippen LogP) is 3.59. The molecule has 2 aromatic heterocycles. The van der Waals surface area contributed by atoms with Crippen molar-refractivity contribution in [3.05, 3.63) is 59.0 Å².